The number of hydrogen-bond donors (Lipinski definition) is 11. The average Bonchev–Trinajstić information content (AvgIpc) is 3.22. The fourth-order valence-electron chi connectivity index (χ4n) is 6.59. The summed E-state index contributed by atoms with van der Waals surface area (Å²) in [5.74, 6) is -1.07. The zero-order valence-corrected chi connectivity index (χ0v) is 31.3. The summed E-state index contributed by atoms with van der Waals surface area (Å²) in [6.45, 7) is -2.75. The number of rotatable bonds is 16. The van der Waals surface area contributed by atoms with Crippen LogP contribution in [-0.2, 0) is 44.4 Å². The van der Waals surface area contributed by atoms with Gasteiger partial charge in [-0.15, -0.1) is 0 Å². The van der Waals surface area contributed by atoms with Gasteiger partial charge in [0.2, 0.25) is 0 Å². The van der Waals surface area contributed by atoms with E-state index in [1.54, 1.807) is 6.07 Å². The molecule has 3 aliphatic heterocycles. The van der Waals surface area contributed by atoms with Crippen molar-refractivity contribution in [2.75, 3.05) is 40.6 Å². The molecule has 0 radical (unpaired) electrons. The Labute approximate surface area is 331 Å². The Hall–Kier alpha value is -3.75. The van der Waals surface area contributed by atoms with Crippen LogP contribution in [0.4, 0.5) is 0 Å². The van der Waals surface area contributed by atoms with E-state index in [2.05, 4.69) is 0 Å². The Morgan fingerprint density at radius 1 is 0.638 bits per heavy atom. The molecule has 0 bridgehead atoms. The third kappa shape index (κ3) is 10.3. The van der Waals surface area contributed by atoms with Gasteiger partial charge in [-0.25, -0.2) is 4.79 Å². The van der Waals surface area contributed by atoms with Crippen molar-refractivity contribution in [3.63, 3.8) is 0 Å². The van der Waals surface area contributed by atoms with Crippen LogP contribution in [0.3, 0.4) is 0 Å². The van der Waals surface area contributed by atoms with E-state index in [4.69, 9.17) is 42.6 Å². The summed E-state index contributed by atoms with van der Waals surface area (Å²) in [4.78, 5) is 13.4. The summed E-state index contributed by atoms with van der Waals surface area (Å²) in [5.41, 5.74) is 0.958. The van der Waals surface area contributed by atoms with Gasteiger partial charge in [0.05, 0.1) is 40.6 Å². The Kier molecular flexibility index (Phi) is 16.0. The molecule has 3 aliphatic rings. The van der Waals surface area contributed by atoms with E-state index < -0.39 is 118 Å². The van der Waals surface area contributed by atoms with Crippen molar-refractivity contribution in [2.45, 2.75) is 98.5 Å². The maximum Gasteiger partial charge on any atom is 0.331 e. The van der Waals surface area contributed by atoms with Crippen LogP contribution in [0.15, 0.2) is 42.5 Å². The number of aliphatic hydroxyl groups excluding tert-OH is 9. The molecule has 0 amide bonds. The average molecular weight is 831 g/mol. The third-order valence-electron chi connectivity index (χ3n) is 9.83. The van der Waals surface area contributed by atoms with Crippen LogP contribution >= 0.6 is 0 Å². The molecule has 58 heavy (non-hydrogen) atoms. The second-order valence-electron chi connectivity index (χ2n) is 13.6. The summed E-state index contributed by atoms with van der Waals surface area (Å²) in [6.07, 6.45) is -24.2. The molecular formula is C37H50O21. The topological polar surface area (TPSA) is 323 Å². The number of phenolic OH excluding ortho intramolecular Hbond substituents is 2. The van der Waals surface area contributed by atoms with Gasteiger partial charge in [0.15, 0.2) is 48.0 Å². The van der Waals surface area contributed by atoms with Gasteiger partial charge < -0.3 is 98.8 Å². The molecule has 0 saturated carbocycles. The van der Waals surface area contributed by atoms with Crippen molar-refractivity contribution in [2.24, 2.45) is 0 Å². The summed E-state index contributed by atoms with van der Waals surface area (Å²) < 4.78 is 51.4. The first kappa shape index (κ1) is 45.3. The lowest BCUT2D eigenvalue weighted by Gasteiger charge is -2.49. The Morgan fingerprint density at radius 2 is 1.21 bits per heavy atom. The van der Waals surface area contributed by atoms with Gasteiger partial charge in [-0.3, -0.25) is 0 Å². The number of aromatic hydroxyl groups is 2. The SMILES string of the molecule is COc1ccc(CCO[C@@H]2O[C@H](CO)[C@@H](OC(=O)/C=C/c3ccc(O)c(OC)c3)[C@H](O[C@@H]3O[C@H](CO)[C@@H](O)[C@H](O)[C@H]3O)[C@H]2O[C@@H]2O[C@H](CO)[C@@H](O)[C@H](O)[C@H]2O)cc1O. The smallest absolute Gasteiger partial charge is 0.331 e. The van der Waals surface area contributed by atoms with E-state index in [0.29, 0.717) is 11.1 Å². The van der Waals surface area contributed by atoms with Crippen LogP contribution in [0.2, 0.25) is 0 Å². The first-order chi connectivity index (χ1) is 27.7. The molecule has 21 nitrogen and oxygen atoms in total. The molecule has 324 valence electrons. The highest BCUT2D eigenvalue weighted by Crippen LogP contribution is 2.36. The van der Waals surface area contributed by atoms with Crippen LogP contribution in [0.1, 0.15) is 11.1 Å². The summed E-state index contributed by atoms with van der Waals surface area (Å²) in [5, 5.41) is 114. The van der Waals surface area contributed by atoms with E-state index in [-0.39, 0.29) is 36.0 Å². The zero-order chi connectivity index (χ0) is 42.3. The van der Waals surface area contributed by atoms with Gasteiger partial charge in [0.25, 0.3) is 0 Å². The van der Waals surface area contributed by atoms with Gasteiger partial charge in [-0.05, 0) is 47.9 Å². The van der Waals surface area contributed by atoms with Gasteiger partial charge in [-0.2, -0.15) is 0 Å². The summed E-state index contributed by atoms with van der Waals surface area (Å²) in [6, 6.07) is 8.79. The molecular weight excluding hydrogens is 780 g/mol. The fraction of sp³-hybridized carbons (Fsp3) is 0.595. The normalized spacial score (nSPS) is 35.5. The van der Waals surface area contributed by atoms with E-state index in [9.17, 15) is 61.0 Å². The van der Waals surface area contributed by atoms with Crippen molar-refractivity contribution < 1.29 is 104 Å². The molecule has 0 unspecified atom stereocenters. The minimum Gasteiger partial charge on any atom is -0.504 e. The highest BCUT2D eigenvalue weighted by molar-refractivity contribution is 5.87. The molecule has 3 saturated heterocycles. The largest absolute Gasteiger partial charge is 0.504 e. The number of phenols is 2. The highest BCUT2D eigenvalue weighted by atomic mass is 16.8. The molecule has 5 rings (SSSR count). The van der Waals surface area contributed by atoms with Crippen molar-refractivity contribution in [3.05, 3.63) is 53.6 Å². The molecule has 0 aliphatic carbocycles. The van der Waals surface area contributed by atoms with E-state index in [1.165, 1.54) is 50.6 Å². The lowest BCUT2D eigenvalue weighted by Crippen LogP contribution is -2.67. The Morgan fingerprint density at radius 3 is 1.76 bits per heavy atom. The standard InChI is InChI=1S/C37H50O21/c1-50-20-7-4-17(11-19(20)42)9-10-52-37-34(58-36-31(49)29(47)27(45)23(14-39)54-36)33(57-35-30(48)28(46)26(44)22(13-38)53-35)32(24(15-40)55-37)56-25(43)8-5-16-3-6-18(41)21(12-16)51-2/h3-8,11-12,22-24,26-42,44-49H,9-10,13-15H2,1-2H3/b8-5+/t22-,23-,24-,26-,27-,28+,29+,30-,31-,32-,33+,34-,35+,36+,37-/m1/s1. The number of methoxy groups -OCH3 is 2. The first-order valence-electron chi connectivity index (χ1n) is 18.2. The molecule has 21 heteroatoms. The van der Waals surface area contributed by atoms with Crippen molar-refractivity contribution >= 4 is 12.0 Å². The second-order valence-corrected chi connectivity index (χ2v) is 13.6. The van der Waals surface area contributed by atoms with E-state index >= 15 is 0 Å². The monoisotopic (exact) mass is 830 g/mol. The molecule has 0 aromatic heterocycles. The predicted octanol–water partition coefficient (Wildman–Crippen LogP) is -3.61. The van der Waals surface area contributed by atoms with Gasteiger partial charge >= 0.3 is 5.97 Å². The van der Waals surface area contributed by atoms with Crippen LogP contribution in [-0.4, -0.2) is 195 Å². The Bertz CT molecular complexity index is 1660. The lowest BCUT2D eigenvalue weighted by atomic mass is 9.95. The predicted molar refractivity (Wildman–Crippen MR) is 191 cm³/mol. The number of esters is 1. The van der Waals surface area contributed by atoms with Crippen LogP contribution in [0.5, 0.6) is 23.0 Å². The van der Waals surface area contributed by atoms with Crippen LogP contribution in [0, 0.1) is 0 Å². The van der Waals surface area contributed by atoms with Crippen molar-refractivity contribution in [1.29, 1.82) is 0 Å². The molecule has 3 heterocycles. The maximum absolute atomic E-state index is 13.4. The van der Waals surface area contributed by atoms with Gasteiger partial charge in [0.1, 0.15) is 67.1 Å². The fourth-order valence-corrected chi connectivity index (χ4v) is 6.59. The van der Waals surface area contributed by atoms with Crippen LogP contribution < -0.4 is 9.47 Å². The molecule has 15 atom stereocenters. The number of benzene rings is 2. The molecule has 11 N–H and O–H groups in total. The van der Waals surface area contributed by atoms with Gasteiger partial charge in [0, 0.05) is 6.08 Å². The Balaban J connectivity index is 1.51. The van der Waals surface area contributed by atoms with E-state index in [1.807, 2.05) is 0 Å². The minimum atomic E-state index is -2.01. The second kappa shape index (κ2) is 20.5. The highest BCUT2D eigenvalue weighted by Gasteiger charge is 2.56. The first-order valence-corrected chi connectivity index (χ1v) is 18.2. The molecule has 2 aromatic rings. The third-order valence-corrected chi connectivity index (χ3v) is 9.83. The maximum atomic E-state index is 13.4. The number of carbonyl (C=O) groups excluding carboxylic acids is 1. The number of carbonyl (C=O) groups is 1. The zero-order valence-electron chi connectivity index (χ0n) is 31.3. The number of ether oxygens (including phenoxy) is 9. The lowest BCUT2D eigenvalue weighted by molar-refractivity contribution is -0.391. The summed E-state index contributed by atoms with van der Waals surface area (Å²) >= 11 is 0. The van der Waals surface area contributed by atoms with Crippen LogP contribution in [0.25, 0.3) is 6.08 Å². The van der Waals surface area contributed by atoms with Crippen molar-refractivity contribution in [3.8, 4) is 23.0 Å². The number of hydrogen-bond acceptors (Lipinski definition) is 21. The van der Waals surface area contributed by atoms with E-state index in [0.717, 1.165) is 6.08 Å². The quantitative estimate of drug-likeness (QED) is 0.0575. The minimum absolute atomic E-state index is 0.104. The van der Waals surface area contributed by atoms with Crippen molar-refractivity contribution in [1.82, 2.24) is 0 Å². The summed E-state index contributed by atoms with van der Waals surface area (Å²) in [7, 11) is 2.70. The van der Waals surface area contributed by atoms with Gasteiger partial charge in [-0.1, -0.05) is 12.1 Å². The molecule has 0 spiro atoms. The molecule has 3 fully saturated rings. The number of aliphatic hydroxyl groups is 9. The molecule has 2 aromatic carbocycles.